The Kier molecular flexibility index (Phi) is 3.65. The van der Waals surface area contributed by atoms with Crippen molar-refractivity contribution in [2.24, 2.45) is 11.8 Å². The molecule has 1 aromatic carbocycles. The van der Waals surface area contributed by atoms with Gasteiger partial charge in [0.15, 0.2) is 0 Å². The van der Waals surface area contributed by atoms with E-state index >= 15 is 0 Å². The zero-order chi connectivity index (χ0) is 13.1. The molecule has 0 aromatic heterocycles. The molecule has 18 heavy (non-hydrogen) atoms. The van der Waals surface area contributed by atoms with Gasteiger partial charge in [-0.3, -0.25) is 9.59 Å². The van der Waals surface area contributed by atoms with Crippen molar-refractivity contribution >= 4 is 11.9 Å². The van der Waals surface area contributed by atoms with Crippen molar-refractivity contribution in [3.8, 4) is 0 Å². The first-order valence-electron chi connectivity index (χ1n) is 6.12. The Balaban J connectivity index is 1.97. The number of carbonyl (C=O) groups excluding carboxylic acids is 1. The molecule has 1 aliphatic heterocycles. The van der Waals surface area contributed by atoms with Crippen molar-refractivity contribution in [3.63, 3.8) is 0 Å². The van der Waals surface area contributed by atoms with Crippen LogP contribution in [0.2, 0.25) is 0 Å². The fraction of sp³-hybridized carbons (Fsp3) is 0.429. The van der Waals surface area contributed by atoms with Gasteiger partial charge in [0.1, 0.15) is 0 Å². The molecule has 1 saturated heterocycles. The number of nitrogens with zero attached hydrogens (tertiary/aromatic N) is 1. The molecule has 1 aliphatic rings. The molecule has 4 nitrogen and oxygen atoms in total. The molecule has 0 bridgehead atoms. The normalized spacial score (nSPS) is 23.1. The maximum Gasteiger partial charge on any atom is 0.308 e. The van der Waals surface area contributed by atoms with Gasteiger partial charge in [-0.05, 0) is 11.5 Å². The second-order valence-electron chi connectivity index (χ2n) is 4.88. The number of carboxylic acids is 1. The van der Waals surface area contributed by atoms with Crippen LogP contribution in [0, 0.1) is 11.8 Å². The zero-order valence-electron chi connectivity index (χ0n) is 10.4. The van der Waals surface area contributed by atoms with E-state index in [1.165, 1.54) is 0 Å². The van der Waals surface area contributed by atoms with Crippen LogP contribution >= 0.6 is 0 Å². The Labute approximate surface area is 106 Å². The predicted molar refractivity (Wildman–Crippen MR) is 67.0 cm³/mol. The van der Waals surface area contributed by atoms with E-state index in [-0.39, 0.29) is 11.8 Å². The van der Waals surface area contributed by atoms with Gasteiger partial charge in [-0.25, -0.2) is 0 Å². The van der Waals surface area contributed by atoms with Crippen LogP contribution in [0.3, 0.4) is 0 Å². The van der Waals surface area contributed by atoms with Gasteiger partial charge in [0.2, 0.25) is 5.91 Å². The summed E-state index contributed by atoms with van der Waals surface area (Å²) in [5.41, 5.74) is 0.967. The highest BCUT2D eigenvalue weighted by Crippen LogP contribution is 2.23. The van der Waals surface area contributed by atoms with Crippen molar-refractivity contribution in [1.29, 1.82) is 0 Å². The summed E-state index contributed by atoms with van der Waals surface area (Å²) in [6, 6.07) is 9.52. The van der Waals surface area contributed by atoms with Crippen molar-refractivity contribution in [3.05, 3.63) is 35.9 Å². The summed E-state index contributed by atoms with van der Waals surface area (Å²) in [6.07, 6.45) is 0.347. The average molecular weight is 247 g/mol. The van der Waals surface area contributed by atoms with Gasteiger partial charge in [-0.15, -0.1) is 0 Å². The van der Waals surface area contributed by atoms with Crippen LogP contribution in [-0.2, 0) is 16.0 Å². The van der Waals surface area contributed by atoms with Crippen molar-refractivity contribution in [1.82, 2.24) is 4.90 Å². The SMILES string of the molecule is C[C@@H]1CN(C(=O)Cc2ccccc2)C[C@H]1C(=O)O. The van der Waals surface area contributed by atoms with Gasteiger partial charge in [0.25, 0.3) is 0 Å². The zero-order valence-corrected chi connectivity index (χ0v) is 10.4. The van der Waals surface area contributed by atoms with Gasteiger partial charge in [-0.2, -0.15) is 0 Å². The van der Waals surface area contributed by atoms with Crippen LogP contribution in [-0.4, -0.2) is 35.0 Å². The third-order valence-electron chi connectivity index (χ3n) is 3.48. The highest BCUT2D eigenvalue weighted by atomic mass is 16.4. The summed E-state index contributed by atoms with van der Waals surface area (Å²) >= 11 is 0. The number of amides is 1. The fourth-order valence-corrected chi connectivity index (χ4v) is 2.37. The molecule has 0 radical (unpaired) electrons. The van der Waals surface area contributed by atoms with Crippen LogP contribution in [0.15, 0.2) is 30.3 Å². The number of aliphatic carboxylic acids is 1. The molecule has 2 atom stereocenters. The number of rotatable bonds is 3. The van der Waals surface area contributed by atoms with E-state index in [4.69, 9.17) is 5.11 Å². The van der Waals surface area contributed by atoms with Crippen LogP contribution in [0.1, 0.15) is 12.5 Å². The van der Waals surface area contributed by atoms with E-state index in [2.05, 4.69) is 0 Å². The molecule has 0 spiro atoms. The quantitative estimate of drug-likeness (QED) is 0.878. The summed E-state index contributed by atoms with van der Waals surface area (Å²) in [4.78, 5) is 24.7. The molecular weight excluding hydrogens is 230 g/mol. The van der Waals surface area contributed by atoms with Gasteiger partial charge in [0.05, 0.1) is 12.3 Å². The third kappa shape index (κ3) is 2.70. The number of benzene rings is 1. The summed E-state index contributed by atoms with van der Waals surface area (Å²) in [7, 11) is 0. The molecule has 4 heteroatoms. The average Bonchev–Trinajstić information content (AvgIpc) is 2.73. The summed E-state index contributed by atoms with van der Waals surface area (Å²) in [6.45, 7) is 2.76. The van der Waals surface area contributed by atoms with Crippen LogP contribution in [0.4, 0.5) is 0 Å². The Bertz CT molecular complexity index is 444. The monoisotopic (exact) mass is 247 g/mol. The van der Waals surface area contributed by atoms with Crippen LogP contribution in [0.25, 0.3) is 0 Å². The number of hydrogen-bond donors (Lipinski definition) is 1. The summed E-state index contributed by atoms with van der Waals surface area (Å²) in [5.74, 6) is -1.19. The molecule has 0 aliphatic carbocycles. The Morgan fingerprint density at radius 2 is 1.94 bits per heavy atom. The lowest BCUT2D eigenvalue weighted by Gasteiger charge is -2.15. The molecule has 2 rings (SSSR count). The molecule has 1 amide bonds. The minimum atomic E-state index is -0.808. The second-order valence-corrected chi connectivity index (χ2v) is 4.88. The topological polar surface area (TPSA) is 57.6 Å². The van der Waals surface area contributed by atoms with Crippen molar-refractivity contribution in [2.45, 2.75) is 13.3 Å². The van der Waals surface area contributed by atoms with Crippen molar-refractivity contribution in [2.75, 3.05) is 13.1 Å². The number of carboxylic acid groups (broad SMARTS) is 1. The van der Waals surface area contributed by atoms with Gasteiger partial charge >= 0.3 is 5.97 Å². The van der Waals surface area contributed by atoms with E-state index < -0.39 is 11.9 Å². The standard InChI is InChI=1S/C14H17NO3/c1-10-8-15(9-12(10)14(17)18)13(16)7-11-5-3-2-4-6-11/h2-6,10,12H,7-9H2,1H3,(H,17,18)/t10-,12-/m1/s1. The first-order chi connectivity index (χ1) is 8.58. The van der Waals surface area contributed by atoms with E-state index in [1.54, 1.807) is 4.90 Å². The van der Waals surface area contributed by atoms with E-state index in [0.29, 0.717) is 19.5 Å². The van der Waals surface area contributed by atoms with Crippen LogP contribution in [0.5, 0.6) is 0 Å². The lowest BCUT2D eigenvalue weighted by atomic mass is 9.99. The molecule has 1 N–H and O–H groups in total. The largest absolute Gasteiger partial charge is 0.481 e. The lowest BCUT2D eigenvalue weighted by molar-refractivity contribution is -0.142. The molecule has 0 unspecified atom stereocenters. The number of hydrogen-bond acceptors (Lipinski definition) is 2. The maximum absolute atomic E-state index is 12.1. The third-order valence-corrected chi connectivity index (χ3v) is 3.48. The molecule has 1 heterocycles. The second kappa shape index (κ2) is 5.21. The summed E-state index contributed by atoms with van der Waals surface area (Å²) < 4.78 is 0. The minimum Gasteiger partial charge on any atom is -0.481 e. The summed E-state index contributed by atoms with van der Waals surface area (Å²) in [5, 5.41) is 9.03. The van der Waals surface area contributed by atoms with Crippen molar-refractivity contribution < 1.29 is 14.7 Å². The number of likely N-dealkylation sites (tertiary alicyclic amines) is 1. The van der Waals surface area contributed by atoms with Gasteiger partial charge < -0.3 is 10.0 Å². The lowest BCUT2D eigenvalue weighted by Crippen LogP contribution is -2.31. The van der Waals surface area contributed by atoms with Gasteiger partial charge in [0, 0.05) is 13.1 Å². The first kappa shape index (κ1) is 12.6. The fourth-order valence-electron chi connectivity index (χ4n) is 2.37. The Hall–Kier alpha value is -1.84. The molecule has 0 saturated carbocycles. The van der Waals surface area contributed by atoms with Gasteiger partial charge in [-0.1, -0.05) is 37.3 Å². The number of carbonyl (C=O) groups is 2. The smallest absolute Gasteiger partial charge is 0.308 e. The minimum absolute atomic E-state index is 0.0109. The highest BCUT2D eigenvalue weighted by molar-refractivity contribution is 5.80. The molecule has 96 valence electrons. The van der Waals surface area contributed by atoms with E-state index in [9.17, 15) is 9.59 Å². The van der Waals surface area contributed by atoms with Crippen LogP contribution < -0.4 is 0 Å². The maximum atomic E-state index is 12.1. The van der Waals surface area contributed by atoms with E-state index in [1.807, 2.05) is 37.3 Å². The highest BCUT2D eigenvalue weighted by Gasteiger charge is 2.36. The molecule has 1 aromatic rings. The first-order valence-corrected chi connectivity index (χ1v) is 6.12. The Morgan fingerprint density at radius 1 is 1.28 bits per heavy atom. The molecular formula is C14H17NO3. The molecule has 1 fully saturated rings. The van der Waals surface area contributed by atoms with E-state index in [0.717, 1.165) is 5.56 Å². The predicted octanol–water partition coefficient (Wildman–Crippen LogP) is 1.41. The Morgan fingerprint density at radius 3 is 2.50 bits per heavy atom.